The number of nitrogens with zero attached hydrogens (tertiary/aromatic N) is 1. The van der Waals surface area contributed by atoms with Crippen LogP contribution in [0.5, 0.6) is 0 Å². The molecule has 6 nitrogen and oxygen atoms in total. The second kappa shape index (κ2) is 12.7. The van der Waals surface area contributed by atoms with Crippen molar-refractivity contribution in [1.29, 1.82) is 0 Å². The monoisotopic (exact) mass is 547 g/mol. The molecule has 1 amide bonds. The number of benzene rings is 3. The quantitative estimate of drug-likeness (QED) is 0.182. The van der Waals surface area contributed by atoms with Gasteiger partial charge in [0.05, 0.1) is 18.2 Å². The van der Waals surface area contributed by atoms with Gasteiger partial charge in [-0.05, 0) is 53.3 Å². The van der Waals surface area contributed by atoms with Crippen molar-refractivity contribution in [3.8, 4) is 11.3 Å². The summed E-state index contributed by atoms with van der Waals surface area (Å²) in [6.07, 6.45) is 0.956. The van der Waals surface area contributed by atoms with E-state index in [4.69, 9.17) is 21.7 Å². The molecule has 4 rings (SSSR count). The Morgan fingerprint density at radius 3 is 2.16 bits per heavy atom. The van der Waals surface area contributed by atoms with E-state index in [1.807, 2.05) is 41.8 Å². The molecular weight excluding hydrogens is 518 g/mol. The van der Waals surface area contributed by atoms with Crippen molar-refractivity contribution < 1.29 is 14.7 Å². The summed E-state index contributed by atoms with van der Waals surface area (Å²) in [5, 5.41) is 18.5. The van der Waals surface area contributed by atoms with E-state index in [0.29, 0.717) is 16.5 Å². The molecule has 0 fully saturated rings. The van der Waals surface area contributed by atoms with Gasteiger partial charge >= 0.3 is 5.97 Å². The Morgan fingerprint density at radius 1 is 0.947 bits per heavy atom. The maximum atomic E-state index is 12.4. The van der Waals surface area contributed by atoms with Crippen molar-refractivity contribution in [2.75, 3.05) is 11.9 Å². The molecule has 2 unspecified atom stereocenters. The third kappa shape index (κ3) is 7.00. The fourth-order valence-corrected chi connectivity index (χ4v) is 4.92. The van der Waals surface area contributed by atoms with Crippen molar-refractivity contribution in [1.82, 2.24) is 10.3 Å². The van der Waals surface area contributed by atoms with Crippen LogP contribution in [0.4, 0.5) is 5.13 Å². The summed E-state index contributed by atoms with van der Waals surface area (Å²) in [6.45, 7) is 4.49. The molecule has 3 aromatic carbocycles. The van der Waals surface area contributed by atoms with E-state index in [2.05, 4.69) is 48.7 Å². The maximum absolute atomic E-state index is 12.4. The Balaban J connectivity index is 1.59. The van der Waals surface area contributed by atoms with Crippen LogP contribution < -0.4 is 10.6 Å². The van der Waals surface area contributed by atoms with E-state index < -0.39 is 5.97 Å². The van der Waals surface area contributed by atoms with E-state index >= 15 is 0 Å². The third-order valence-corrected chi connectivity index (χ3v) is 7.52. The first-order valence-corrected chi connectivity index (χ1v) is 13.8. The molecule has 38 heavy (non-hydrogen) atoms. The number of rotatable bonds is 11. The molecule has 0 radical (unpaired) electrons. The van der Waals surface area contributed by atoms with Gasteiger partial charge in [0.25, 0.3) is 5.91 Å². The molecular formula is C30H30ClN3O3S. The first-order valence-electron chi connectivity index (χ1n) is 12.5. The first kappa shape index (κ1) is 27.4. The van der Waals surface area contributed by atoms with E-state index in [0.717, 1.165) is 33.9 Å². The number of nitrogens with one attached hydrogen (secondary N) is 2. The highest BCUT2D eigenvalue weighted by Crippen LogP contribution is 2.32. The van der Waals surface area contributed by atoms with Gasteiger partial charge in [0.15, 0.2) is 5.13 Å². The first-order chi connectivity index (χ1) is 18.3. The molecule has 2 atom stereocenters. The van der Waals surface area contributed by atoms with E-state index in [9.17, 15) is 9.59 Å². The summed E-state index contributed by atoms with van der Waals surface area (Å²) in [5.41, 5.74) is 5.69. The van der Waals surface area contributed by atoms with Crippen molar-refractivity contribution in [2.45, 2.75) is 38.6 Å². The summed E-state index contributed by atoms with van der Waals surface area (Å²) in [5.74, 6) is -0.765. The largest absolute Gasteiger partial charge is 0.481 e. The molecule has 8 heteroatoms. The van der Waals surface area contributed by atoms with Crippen molar-refractivity contribution in [2.24, 2.45) is 0 Å². The Morgan fingerprint density at radius 2 is 1.55 bits per heavy atom. The summed E-state index contributed by atoms with van der Waals surface area (Å²) in [4.78, 5) is 28.0. The molecule has 0 saturated carbocycles. The van der Waals surface area contributed by atoms with Crippen molar-refractivity contribution in [3.05, 3.63) is 105 Å². The third-order valence-electron chi connectivity index (χ3n) is 6.49. The number of carboxylic acid groups (broad SMARTS) is 1. The molecule has 0 aliphatic carbocycles. The molecule has 1 aromatic heterocycles. The number of halogens is 1. The van der Waals surface area contributed by atoms with Gasteiger partial charge < -0.3 is 15.7 Å². The normalized spacial score (nSPS) is 12.5. The van der Waals surface area contributed by atoms with Gasteiger partial charge in [0.1, 0.15) is 0 Å². The van der Waals surface area contributed by atoms with Crippen molar-refractivity contribution in [3.63, 3.8) is 0 Å². The number of amides is 1. The zero-order chi connectivity index (χ0) is 27.1. The standard InChI is InChI=1S/C30H30ClN3O3S/c1-3-19(2)20-4-6-22(7-5-20)28(23-8-10-24(11-9-23)29(37)32-17-16-27(35)36)34-30-33-26(18-38-30)21-12-14-25(31)15-13-21/h4-15,18-19,28H,3,16-17H2,1-2H3,(H,32,37)(H,33,34)(H,35,36). The van der Waals surface area contributed by atoms with E-state index in [1.165, 1.54) is 16.9 Å². The number of carboxylic acids is 1. The number of aromatic nitrogens is 1. The van der Waals surface area contributed by atoms with Crippen LogP contribution in [-0.4, -0.2) is 28.5 Å². The van der Waals surface area contributed by atoms with E-state index in [1.54, 1.807) is 12.1 Å². The Kier molecular flexibility index (Phi) is 9.15. The molecule has 4 aromatic rings. The highest BCUT2D eigenvalue weighted by Gasteiger charge is 2.18. The Bertz CT molecular complexity index is 1370. The minimum absolute atomic E-state index is 0.0859. The fourth-order valence-electron chi connectivity index (χ4n) is 4.04. The SMILES string of the molecule is CCC(C)c1ccc(C(Nc2nc(-c3ccc(Cl)cc3)cs2)c2ccc(C(=O)NCCC(=O)O)cc2)cc1. The summed E-state index contributed by atoms with van der Waals surface area (Å²) in [6, 6.07) is 23.4. The second-order valence-electron chi connectivity index (χ2n) is 9.12. The molecule has 0 spiro atoms. The van der Waals surface area contributed by atoms with Crippen LogP contribution in [0, 0.1) is 0 Å². The molecule has 0 saturated heterocycles. The van der Waals surface area contributed by atoms with Gasteiger partial charge in [0, 0.05) is 28.1 Å². The van der Waals surface area contributed by atoms with Crippen LogP contribution in [0.2, 0.25) is 5.02 Å². The van der Waals surface area contributed by atoms with Crippen LogP contribution >= 0.6 is 22.9 Å². The van der Waals surface area contributed by atoms with Gasteiger partial charge in [-0.3, -0.25) is 9.59 Å². The second-order valence-corrected chi connectivity index (χ2v) is 10.4. The van der Waals surface area contributed by atoms with E-state index in [-0.39, 0.29) is 24.9 Å². The predicted octanol–water partition coefficient (Wildman–Crippen LogP) is 7.38. The lowest BCUT2D eigenvalue weighted by Crippen LogP contribution is -2.26. The average molecular weight is 548 g/mol. The number of anilines is 1. The number of hydrogen-bond acceptors (Lipinski definition) is 5. The lowest BCUT2D eigenvalue weighted by Gasteiger charge is -2.21. The van der Waals surface area contributed by atoms with Crippen LogP contribution in [0.3, 0.4) is 0 Å². The summed E-state index contributed by atoms with van der Waals surface area (Å²) >= 11 is 7.57. The minimum Gasteiger partial charge on any atom is -0.481 e. The number of carbonyl (C=O) groups is 2. The maximum Gasteiger partial charge on any atom is 0.305 e. The predicted molar refractivity (Wildman–Crippen MR) is 154 cm³/mol. The van der Waals surface area contributed by atoms with Crippen LogP contribution in [0.15, 0.2) is 78.2 Å². The summed E-state index contributed by atoms with van der Waals surface area (Å²) < 4.78 is 0. The average Bonchev–Trinajstić information content (AvgIpc) is 3.40. The summed E-state index contributed by atoms with van der Waals surface area (Å²) in [7, 11) is 0. The molecule has 0 aliphatic rings. The Labute approximate surface area is 231 Å². The van der Waals surface area contributed by atoms with Crippen molar-refractivity contribution >= 4 is 39.9 Å². The number of thiazole rings is 1. The fraction of sp³-hybridized carbons (Fsp3) is 0.233. The van der Waals surface area contributed by atoms with Crippen LogP contribution in [0.1, 0.15) is 65.7 Å². The van der Waals surface area contributed by atoms with Crippen LogP contribution in [-0.2, 0) is 4.79 Å². The lowest BCUT2D eigenvalue weighted by molar-refractivity contribution is -0.136. The van der Waals surface area contributed by atoms with Crippen LogP contribution in [0.25, 0.3) is 11.3 Å². The van der Waals surface area contributed by atoms with Gasteiger partial charge in [-0.15, -0.1) is 11.3 Å². The highest BCUT2D eigenvalue weighted by molar-refractivity contribution is 7.14. The molecule has 196 valence electrons. The highest BCUT2D eigenvalue weighted by atomic mass is 35.5. The van der Waals surface area contributed by atoms with Gasteiger partial charge in [-0.2, -0.15) is 0 Å². The van der Waals surface area contributed by atoms with Gasteiger partial charge in [0.2, 0.25) is 0 Å². The molecule has 0 aliphatic heterocycles. The van der Waals surface area contributed by atoms with Gasteiger partial charge in [-0.1, -0.05) is 74.0 Å². The molecule has 0 bridgehead atoms. The molecule has 1 heterocycles. The topological polar surface area (TPSA) is 91.3 Å². The number of aliphatic carboxylic acids is 1. The Hall–Kier alpha value is -3.68. The zero-order valence-corrected chi connectivity index (χ0v) is 22.9. The van der Waals surface area contributed by atoms with Gasteiger partial charge in [-0.25, -0.2) is 4.98 Å². The number of hydrogen-bond donors (Lipinski definition) is 3. The number of carbonyl (C=O) groups excluding carboxylic acids is 1. The molecule has 3 N–H and O–H groups in total. The zero-order valence-electron chi connectivity index (χ0n) is 21.3. The smallest absolute Gasteiger partial charge is 0.305 e. The minimum atomic E-state index is -0.949. The lowest BCUT2D eigenvalue weighted by atomic mass is 9.93.